The number of nitrogens with zero attached hydrogens (tertiary/aromatic N) is 4. The molecule has 1 heterocycles. The molecule has 0 saturated heterocycles. The van der Waals surface area contributed by atoms with Crippen LogP contribution in [-0.4, -0.2) is 38.0 Å². The molecule has 0 aliphatic rings. The van der Waals surface area contributed by atoms with Gasteiger partial charge >= 0.3 is 0 Å². The van der Waals surface area contributed by atoms with Crippen molar-refractivity contribution in [3.8, 4) is 5.69 Å². The third-order valence-corrected chi connectivity index (χ3v) is 2.72. The first-order chi connectivity index (χ1) is 8.08. The quantitative estimate of drug-likeness (QED) is 0.806. The highest BCUT2D eigenvalue weighted by Crippen LogP contribution is 2.17. The lowest BCUT2D eigenvalue weighted by Gasteiger charge is -2.12. The van der Waals surface area contributed by atoms with E-state index in [1.54, 1.807) is 0 Å². The maximum absolute atomic E-state index is 4.34. The molecule has 0 unspecified atom stereocenters. The molecule has 1 aromatic heterocycles. The number of hydrogen-bond acceptors (Lipinski definition) is 3. The van der Waals surface area contributed by atoms with Crippen molar-refractivity contribution >= 4 is 11.4 Å². The highest BCUT2D eigenvalue weighted by molar-refractivity contribution is 5.51. The zero-order valence-corrected chi connectivity index (χ0v) is 10.8. The van der Waals surface area contributed by atoms with Gasteiger partial charge in [-0.05, 0) is 24.3 Å². The standard InChI is InChI=1S/C13H18N4/c1-15(2)11-5-7-12(8-6-11)17-10-13(9-14-17)16(3)4/h5-10H,1-4H3. The van der Waals surface area contributed by atoms with Gasteiger partial charge < -0.3 is 9.80 Å². The number of benzene rings is 1. The van der Waals surface area contributed by atoms with Crippen molar-refractivity contribution < 1.29 is 0 Å². The second-order valence-corrected chi connectivity index (χ2v) is 4.45. The molecule has 4 nitrogen and oxygen atoms in total. The summed E-state index contributed by atoms with van der Waals surface area (Å²) < 4.78 is 1.88. The van der Waals surface area contributed by atoms with E-state index in [-0.39, 0.29) is 0 Å². The molecule has 4 heteroatoms. The van der Waals surface area contributed by atoms with Crippen LogP contribution in [0, 0.1) is 0 Å². The minimum atomic E-state index is 1.07. The Bertz CT molecular complexity index is 482. The van der Waals surface area contributed by atoms with Gasteiger partial charge in [-0.15, -0.1) is 0 Å². The van der Waals surface area contributed by atoms with Crippen LogP contribution >= 0.6 is 0 Å². The topological polar surface area (TPSA) is 24.3 Å². The molecule has 90 valence electrons. The van der Waals surface area contributed by atoms with Crippen LogP contribution in [0.4, 0.5) is 11.4 Å². The fourth-order valence-corrected chi connectivity index (χ4v) is 1.59. The summed E-state index contributed by atoms with van der Waals surface area (Å²) in [6.07, 6.45) is 3.88. The molecule has 0 bridgehead atoms. The van der Waals surface area contributed by atoms with E-state index >= 15 is 0 Å². The molecule has 2 aromatic rings. The monoisotopic (exact) mass is 230 g/mol. The minimum absolute atomic E-state index is 1.07. The van der Waals surface area contributed by atoms with E-state index in [1.165, 1.54) is 5.69 Å². The largest absolute Gasteiger partial charge is 0.378 e. The molecule has 0 aliphatic carbocycles. The molecule has 0 saturated carbocycles. The van der Waals surface area contributed by atoms with Crippen molar-refractivity contribution in [3.63, 3.8) is 0 Å². The molecule has 1 aromatic carbocycles. The van der Waals surface area contributed by atoms with Crippen molar-refractivity contribution in [2.75, 3.05) is 38.0 Å². The van der Waals surface area contributed by atoms with E-state index in [2.05, 4.69) is 34.3 Å². The summed E-state index contributed by atoms with van der Waals surface area (Å²) >= 11 is 0. The molecule has 0 spiro atoms. The maximum atomic E-state index is 4.34. The fourth-order valence-electron chi connectivity index (χ4n) is 1.59. The highest BCUT2D eigenvalue weighted by atomic mass is 15.3. The normalized spacial score (nSPS) is 10.4. The Morgan fingerprint density at radius 1 is 0.882 bits per heavy atom. The molecule has 0 aliphatic heterocycles. The average molecular weight is 230 g/mol. The summed E-state index contributed by atoms with van der Waals surface area (Å²) in [4.78, 5) is 4.12. The minimum Gasteiger partial charge on any atom is -0.378 e. The van der Waals surface area contributed by atoms with Crippen LogP contribution in [0.3, 0.4) is 0 Å². The number of rotatable bonds is 3. The Hall–Kier alpha value is -1.97. The molecular formula is C13H18N4. The summed E-state index contributed by atoms with van der Waals surface area (Å²) in [7, 11) is 8.09. The van der Waals surface area contributed by atoms with Gasteiger partial charge in [-0.2, -0.15) is 5.10 Å². The summed E-state index contributed by atoms with van der Waals surface area (Å²) in [6, 6.07) is 8.32. The van der Waals surface area contributed by atoms with Gasteiger partial charge in [-0.3, -0.25) is 0 Å². The number of anilines is 2. The molecule has 0 N–H and O–H groups in total. The lowest BCUT2D eigenvalue weighted by atomic mass is 10.2. The fraction of sp³-hybridized carbons (Fsp3) is 0.308. The first kappa shape index (κ1) is 11.5. The van der Waals surface area contributed by atoms with Crippen molar-refractivity contribution in [2.24, 2.45) is 0 Å². The van der Waals surface area contributed by atoms with Crippen LogP contribution < -0.4 is 9.80 Å². The highest BCUT2D eigenvalue weighted by Gasteiger charge is 2.02. The van der Waals surface area contributed by atoms with Crippen LogP contribution in [0.25, 0.3) is 5.69 Å². The van der Waals surface area contributed by atoms with E-state index in [1.807, 2.05) is 50.2 Å². The van der Waals surface area contributed by atoms with E-state index in [9.17, 15) is 0 Å². The predicted molar refractivity (Wildman–Crippen MR) is 72.2 cm³/mol. The summed E-state index contributed by atoms with van der Waals surface area (Å²) in [5.74, 6) is 0. The van der Waals surface area contributed by atoms with E-state index < -0.39 is 0 Å². The Morgan fingerprint density at radius 3 is 1.94 bits per heavy atom. The van der Waals surface area contributed by atoms with E-state index in [0.717, 1.165) is 11.4 Å². The Morgan fingerprint density at radius 2 is 1.47 bits per heavy atom. The Kier molecular flexibility index (Phi) is 3.04. The average Bonchev–Trinajstić information content (AvgIpc) is 2.78. The molecule has 17 heavy (non-hydrogen) atoms. The van der Waals surface area contributed by atoms with Gasteiger partial charge in [0.05, 0.1) is 23.8 Å². The van der Waals surface area contributed by atoms with Crippen LogP contribution in [0.1, 0.15) is 0 Å². The summed E-state index contributed by atoms with van der Waals surface area (Å²) in [5.41, 5.74) is 3.36. The molecule has 0 radical (unpaired) electrons. The Balaban J connectivity index is 2.27. The van der Waals surface area contributed by atoms with Crippen LogP contribution in [0.15, 0.2) is 36.7 Å². The summed E-state index contributed by atoms with van der Waals surface area (Å²) in [6.45, 7) is 0. The van der Waals surface area contributed by atoms with E-state index in [4.69, 9.17) is 0 Å². The molecule has 2 rings (SSSR count). The lowest BCUT2D eigenvalue weighted by Crippen LogP contribution is -2.08. The van der Waals surface area contributed by atoms with Gasteiger partial charge in [-0.25, -0.2) is 4.68 Å². The van der Waals surface area contributed by atoms with Gasteiger partial charge in [-0.1, -0.05) is 0 Å². The van der Waals surface area contributed by atoms with Crippen molar-refractivity contribution in [1.29, 1.82) is 0 Å². The molecular weight excluding hydrogens is 212 g/mol. The molecule has 0 amide bonds. The zero-order chi connectivity index (χ0) is 12.4. The number of hydrogen-bond donors (Lipinski definition) is 0. The van der Waals surface area contributed by atoms with Gasteiger partial charge in [0.2, 0.25) is 0 Å². The zero-order valence-electron chi connectivity index (χ0n) is 10.8. The lowest BCUT2D eigenvalue weighted by molar-refractivity contribution is 0.880. The third kappa shape index (κ3) is 2.41. The van der Waals surface area contributed by atoms with Crippen molar-refractivity contribution in [3.05, 3.63) is 36.7 Å². The predicted octanol–water partition coefficient (Wildman–Crippen LogP) is 2.00. The summed E-state index contributed by atoms with van der Waals surface area (Å²) in [5, 5.41) is 4.34. The second-order valence-electron chi connectivity index (χ2n) is 4.45. The molecule has 0 atom stereocenters. The van der Waals surface area contributed by atoms with Crippen molar-refractivity contribution in [1.82, 2.24) is 9.78 Å². The van der Waals surface area contributed by atoms with Crippen LogP contribution in [0.2, 0.25) is 0 Å². The first-order valence-corrected chi connectivity index (χ1v) is 5.57. The van der Waals surface area contributed by atoms with Crippen molar-refractivity contribution in [2.45, 2.75) is 0 Å². The van der Waals surface area contributed by atoms with Gasteiger partial charge in [0.25, 0.3) is 0 Å². The first-order valence-electron chi connectivity index (χ1n) is 5.57. The third-order valence-electron chi connectivity index (χ3n) is 2.72. The van der Waals surface area contributed by atoms with E-state index in [0.29, 0.717) is 0 Å². The SMILES string of the molecule is CN(C)c1ccc(-n2cc(N(C)C)cn2)cc1. The van der Waals surface area contributed by atoms with Crippen LogP contribution in [-0.2, 0) is 0 Å². The van der Waals surface area contributed by atoms with Crippen LogP contribution in [0.5, 0.6) is 0 Å². The van der Waals surface area contributed by atoms with Gasteiger partial charge in [0, 0.05) is 33.9 Å². The van der Waals surface area contributed by atoms with Gasteiger partial charge in [0.1, 0.15) is 0 Å². The maximum Gasteiger partial charge on any atom is 0.0752 e. The second kappa shape index (κ2) is 4.49. The molecule has 0 fully saturated rings. The Labute approximate surface area is 102 Å². The van der Waals surface area contributed by atoms with Gasteiger partial charge in [0.15, 0.2) is 0 Å². The number of aromatic nitrogens is 2. The smallest absolute Gasteiger partial charge is 0.0752 e.